The van der Waals surface area contributed by atoms with Gasteiger partial charge in [0.05, 0.1) is 17.5 Å². The first-order chi connectivity index (χ1) is 16.2. The number of aliphatic carboxylic acids is 1. The van der Waals surface area contributed by atoms with Gasteiger partial charge in [0, 0.05) is 29.7 Å². The Morgan fingerprint density at radius 1 is 1.15 bits per heavy atom. The van der Waals surface area contributed by atoms with E-state index in [-0.39, 0.29) is 22.0 Å². The predicted octanol–water partition coefficient (Wildman–Crippen LogP) is 4.40. The molecule has 1 aliphatic carbocycles. The third kappa shape index (κ3) is 3.06. The number of carboxylic acid groups (broad SMARTS) is 1. The van der Waals surface area contributed by atoms with Crippen LogP contribution < -0.4 is 4.74 Å². The average Bonchev–Trinajstić information content (AvgIpc) is 3.17. The van der Waals surface area contributed by atoms with Gasteiger partial charge < -0.3 is 20.1 Å². The lowest BCUT2D eigenvalue weighted by Crippen LogP contribution is -2.52. The van der Waals surface area contributed by atoms with Gasteiger partial charge in [-0.15, -0.1) is 0 Å². The summed E-state index contributed by atoms with van der Waals surface area (Å²) < 4.78 is 33.0. The van der Waals surface area contributed by atoms with Crippen LogP contribution in [-0.4, -0.2) is 32.4 Å². The first kappa shape index (κ1) is 22.7. The van der Waals surface area contributed by atoms with E-state index in [1.165, 1.54) is 36.5 Å². The summed E-state index contributed by atoms with van der Waals surface area (Å²) in [6.45, 7) is 0. The minimum atomic E-state index is -2.70. The molecular weight excluding hydrogens is 468 g/mol. The van der Waals surface area contributed by atoms with E-state index < -0.39 is 48.0 Å². The van der Waals surface area contributed by atoms with Gasteiger partial charge in [0.2, 0.25) is 0 Å². The topological polar surface area (TPSA) is 99.9 Å². The van der Waals surface area contributed by atoms with Crippen molar-refractivity contribution in [2.24, 2.45) is 5.92 Å². The van der Waals surface area contributed by atoms with Gasteiger partial charge in [-0.05, 0) is 11.1 Å². The third-order valence-electron chi connectivity index (χ3n) is 6.88. The summed E-state index contributed by atoms with van der Waals surface area (Å²) in [6, 6.07) is 15.5. The summed E-state index contributed by atoms with van der Waals surface area (Å²) >= 11 is 6.11. The predicted molar refractivity (Wildman–Crippen MR) is 118 cm³/mol. The number of carboxylic acids is 1. The van der Waals surface area contributed by atoms with Crippen LogP contribution >= 0.6 is 11.6 Å². The molecular formula is C25H20ClF2NO5. The molecule has 0 spiro atoms. The minimum Gasteiger partial charge on any atom is -0.481 e. The van der Waals surface area contributed by atoms with Crippen molar-refractivity contribution in [1.82, 2.24) is 4.98 Å². The van der Waals surface area contributed by atoms with E-state index in [2.05, 4.69) is 4.98 Å². The number of hydrogen-bond donors (Lipinski definition) is 3. The van der Waals surface area contributed by atoms with Gasteiger partial charge in [-0.1, -0.05) is 66.2 Å². The monoisotopic (exact) mass is 487 g/mol. The summed E-state index contributed by atoms with van der Waals surface area (Å²) in [7, 11) is 0. The van der Waals surface area contributed by atoms with Crippen LogP contribution in [0.15, 0.2) is 66.9 Å². The maximum Gasteiger partial charge on any atom is 0.303 e. The van der Waals surface area contributed by atoms with Crippen molar-refractivity contribution in [2.45, 2.75) is 36.1 Å². The van der Waals surface area contributed by atoms with Crippen LogP contribution in [-0.2, 0) is 16.0 Å². The van der Waals surface area contributed by atoms with E-state index in [9.17, 15) is 28.9 Å². The molecule has 1 aromatic heterocycles. The Labute approximate surface area is 198 Å². The molecule has 0 radical (unpaired) electrons. The Morgan fingerprint density at radius 2 is 1.82 bits per heavy atom. The maximum atomic E-state index is 13.3. The largest absolute Gasteiger partial charge is 0.481 e. The zero-order valence-electron chi connectivity index (χ0n) is 17.6. The standard InChI is InChI=1S/C25H20ClF2NO5/c26-16-10-18-21(29-12-16)24(33)22(32)17(11-19(30)31)20(13-4-2-1-3-5-13)25(24,34-18)15-8-6-14(7-9-15)23(27)28/h1-10,12,17,20,22-23,32-33H,11H2,(H,30,31)/t17-,20-,22-,24+,25+/m1/s1. The van der Waals surface area contributed by atoms with E-state index in [1.807, 2.05) is 0 Å². The highest BCUT2D eigenvalue weighted by Crippen LogP contribution is 2.68. The zero-order chi connectivity index (χ0) is 24.3. The van der Waals surface area contributed by atoms with Gasteiger partial charge in [-0.3, -0.25) is 9.78 Å². The lowest BCUT2D eigenvalue weighted by Gasteiger charge is -2.40. The molecule has 2 heterocycles. The summed E-state index contributed by atoms with van der Waals surface area (Å²) in [4.78, 5) is 16.0. The van der Waals surface area contributed by atoms with Crippen LogP contribution in [0.4, 0.5) is 8.78 Å². The Balaban J connectivity index is 1.82. The van der Waals surface area contributed by atoms with Crippen molar-refractivity contribution in [3.63, 3.8) is 0 Å². The second-order valence-electron chi connectivity index (χ2n) is 8.62. The maximum absolute atomic E-state index is 13.3. The van der Waals surface area contributed by atoms with Gasteiger partial charge in [0.15, 0.2) is 11.2 Å². The number of benzene rings is 2. The summed E-state index contributed by atoms with van der Waals surface area (Å²) in [6.07, 6.45) is -3.47. The second kappa shape index (κ2) is 8.01. The Bertz CT molecular complexity index is 1240. The number of aliphatic hydroxyl groups excluding tert-OH is 1. The van der Waals surface area contributed by atoms with Crippen LogP contribution in [0.5, 0.6) is 5.75 Å². The van der Waals surface area contributed by atoms with Crippen molar-refractivity contribution >= 4 is 17.6 Å². The molecule has 5 atom stereocenters. The highest BCUT2D eigenvalue weighted by Gasteiger charge is 2.76. The number of carbonyl (C=O) groups is 1. The molecule has 9 heteroatoms. The third-order valence-corrected chi connectivity index (χ3v) is 7.08. The van der Waals surface area contributed by atoms with E-state index >= 15 is 0 Å². The molecule has 1 fully saturated rings. The van der Waals surface area contributed by atoms with Crippen molar-refractivity contribution in [1.29, 1.82) is 0 Å². The fourth-order valence-corrected chi connectivity index (χ4v) is 5.72. The summed E-state index contributed by atoms with van der Waals surface area (Å²) in [5.74, 6) is -2.89. The molecule has 6 nitrogen and oxygen atoms in total. The first-order valence-electron chi connectivity index (χ1n) is 10.6. The number of aromatic nitrogens is 1. The van der Waals surface area contributed by atoms with Crippen molar-refractivity contribution < 1.29 is 33.6 Å². The first-order valence-corrected chi connectivity index (χ1v) is 11.0. The molecule has 1 saturated carbocycles. The molecule has 0 amide bonds. The number of aliphatic hydroxyl groups is 2. The van der Waals surface area contributed by atoms with Crippen LogP contribution in [0.3, 0.4) is 0 Å². The highest BCUT2D eigenvalue weighted by molar-refractivity contribution is 6.30. The molecule has 176 valence electrons. The molecule has 5 rings (SSSR count). The second-order valence-corrected chi connectivity index (χ2v) is 9.06. The molecule has 2 aliphatic rings. The number of halogens is 3. The molecule has 0 bridgehead atoms. The minimum absolute atomic E-state index is 0.0103. The number of fused-ring (bicyclic) bond motifs is 3. The quantitative estimate of drug-likeness (QED) is 0.493. The molecule has 1 aliphatic heterocycles. The number of rotatable bonds is 5. The molecule has 0 saturated heterocycles. The number of ether oxygens (including phenoxy) is 1. The Kier molecular flexibility index (Phi) is 5.35. The van der Waals surface area contributed by atoms with E-state index in [4.69, 9.17) is 16.3 Å². The van der Waals surface area contributed by atoms with Crippen LogP contribution in [0.25, 0.3) is 0 Å². The summed E-state index contributed by atoms with van der Waals surface area (Å²) in [5.41, 5.74) is -3.24. The number of hydrogen-bond acceptors (Lipinski definition) is 5. The van der Waals surface area contributed by atoms with Crippen LogP contribution in [0, 0.1) is 5.92 Å². The van der Waals surface area contributed by atoms with Gasteiger partial charge in [-0.25, -0.2) is 8.78 Å². The summed E-state index contributed by atoms with van der Waals surface area (Å²) in [5, 5.41) is 33.6. The van der Waals surface area contributed by atoms with Gasteiger partial charge in [-0.2, -0.15) is 0 Å². The number of alkyl halides is 2. The molecule has 0 unspecified atom stereocenters. The number of pyridine rings is 1. The highest BCUT2D eigenvalue weighted by atomic mass is 35.5. The molecule has 34 heavy (non-hydrogen) atoms. The fraction of sp³-hybridized carbons (Fsp3) is 0.280. The smallest absolute Gasteiger partial charge is 0.303 e. The molecule has 2 aromatic carbocycles. The number of nitrogens with zero attached hydrogens (tertiary/aromatic N) is 1. The van der Waals surface area contributed by atoms with Crippen LogP contribution in [0.2, 0.25) is 5.02 Å². The van der Waals surface area contributed by atoms with Crippen molar-refractivity contribution in [2.75, 3.05) is 0 Å². The van der Waals surface area contributed by atoms with Crippen molar-refractivity contribution in [3.05, 3.63) is 94.3 Å². The van der Waals surface area contributed by atoms with Gasteiger partial charge >= 0.3 is 5.97 Å². The van der Waals surface area contributed by atoms with Crippen LogP contribution in [0.1, 0.15) is 41.1 Å². The van der Waals surface area contributed by atoms with E-state index in [0.717, 1.165) is 0 Å². The van der Waals surface area contributed by atoms with Crippen molar-refractivity contribution in [3.8, 4) is 5.75 Å². The Morgan fingerprint density at radius 3 is 2.44 bits per heavy atom. The average molecular weight is 488 g/mol. The van der Waals surface area contributed by atoms with E-state index in [1.54, 1.807) is 30.3 Å². The molecule has 3 N–H and O–H groups in total. The zero-order valence-corrected chi connectivity index (χ0v) is 18.4. The normalized spacial score (nSPS) is 29.5. The van der Waals surface area contributed by atoms with Gasteiger partial charge in [0.1, 0.15) is 11.4 Å². The SMILES string of the molecule is O=C(O)C[C@H]1[C@@H](O)[C@@]2(O)c3ncc(Cl)cc3O[C@@]2(c2ccc(C(F)F)cc2)[C@@H]1c1ccccc1. The van der Waals surface area contributed by atoms with E-state index in [0.29, 0.717) is 11.1 Å². The Hall–Kier alpha value is -3.07. The lowest BCUT2D eigenvalue weighted by atomic mass is 9.71. The fourth-order valence-electron chi connectivity index (χ4n) is 5.57. The lowest BCUT2D eigenvalue weighted by molar-refractivity contribution is -0.155. The van der Waals surface area contributed by atoms with Gasteiger partial charge in [0.25, 0.3) is 6.43 Å². The molecule has 3 aromatic rings.